The fourth-order valence-corrected chi connectivity index (χ4v) is 1.95. The topological polar surface area (TPSA) is 18.5 Å². The Morgan fingerprint density at radius 1 is 0.700 bits per heavy atom. The Bertz CT molecular complexity index is 286. The standard InChI is InChI=1S/C18H28O2/c1-3-5-7-9-15-19-17-11-13-18(14-12-17)20-16-10-8-6-4-2/h11,14H,3-10,15-16H2,1-2H3. The van der Waals surface area contributed by atoms with Gasteiger partial charge in [-0.2, -0.15) is 0 Å². The van der Waals surface area contributed by atoms with Crippen LogP contribution in [0.4, 0.5) is 0 Å². The molecule has 2 heteroatoms. The number of hydrogen-bond donors (Lipinski definition) is 0. The van der Waals surface area contributed by atoms with Gasteiger partial charge in [-0.05, 0) is 25.0 Å². The SMILES string of the molecule is CCCCCCOc1[c]cc(OCCCCCC)[c]c1. The summed E-state index contributed by atoms with van der Waals surface area (Å²) < 4.78 is 11.2. The zero-order valence-electron chi connectivity index (χ0n) is 13.0. The van der Waals surface area contributed by atoms with Crippen molar-refractivity contribution in [2.45, 2.75) is 65.2 Å². The Hall–Kier alpha value is -1.18. The zero-order valence-corrected chi connectivity index (χ0v) is 13.0. The van der Waals surface area contributed by atoms with Gasteiger partial charge in [0.1, 0.15) is 11.5 Å². The lowest BCUT2D eigenvalue weighted by Gasteiger charge is -2.08. The number of ether oxygens (including phenoxy) is 2. The van der Waals surface area contributed by atoms with Crippen LogP contribution in [0.25, 0.3) is 0 Å². The normalized spacial score (nSPS) is 10.5. The van der Waals surface area contributed by atoms with Crippen molar-refractivity contribution in [3.63, 3.8) is 0 Å². The van der Waals surface area contributed by atoms with Crippen LogP contribution < -0.4 is 9.47 Å². The van der Waals surface area contributed by atoms with E-state index in [-0.39, 0.29) is 0 Å². The number of benzene rings is 1. The third-order valence-corrected chi connectivity index (χ3v) is 3.20. The summed E-state index contributed by atoms with van der Waals surface area (Å²) in [6, 6.07) is 9.84. The summed E-state index contributed by atoms with van der Waals surface area (Å²) >= 11 is 0. The number of unbranched alkanes of at least 4 members (excludes halogenated alkanes) is 6. The molecule has 112 valence electrons. The van der Waals surface area contributed by atoms with Crippen molar-refractivity contribution in [2.75, 3.05) is 13.2 Å². The fraction of sp³-hybridized carbons (Fsp3) is 0.667. The minimum atomic E-state index is 0.764. The molecule has 0 aliphatic carbocycles. The zero-order chi connectivity index (χ0) is 14.5. The molecule has 0 N–H and O–H groups in total. The van der Waals surface area contributed by atoms with E-state index in [1.807, 2.05) is 12.1 Å². The summed E-state index contributed by atoms with van der Waals surface area (Å²) in [4.78, 5) is 0. The van der Waals surface area contributed by atoms with Crippen LogP contribution in [-0.2, 0) is 0 Å². The van der Waals surface area contributed by atoms with Crippen molar-refractivity contribution in [1.82, 2.24) is 0 Å². The molecule has 0 aliphatic rings. The Morgan fingerprint density at radius 2 is 1.15 bits per heavy atom. The monoisotopic (exact) mass is 276 g/mol. The highest BCUT2D eigenvalue weighted by molar-refractivity contribution is 5.28. The Labute approximate surface area is 124 Å². The van der Waals surface area contributed by atoms with Crippen molar-refractivity contribution in [3.8, 4) is 11.5 Å². The van der Waals surface area contributed by atoms with Crippen molar-refractivity contribution >= 4 is 0 Å². The third-order valence-electron chi connectivity index (χ3n) is 3.20. The second-order valence-electron chi connectivity index (χ2n) is 5.12. The van der Waals surface area contributed by atoms with E-state index in [0.717, 1.165) is 37.6 Å². The first-order valence-corrected chi connectivity index (χ1v) is 8.05. The largest absolute Gasteiger partial charge is 0.493 e. The van der Waals surface area contributed by atoms with E-state index in [2.05, 4.69) is 26.0 Å². The van der Waals surface area contributed by atoms with Gasteiger partial charge in [0.15, 0.2) is 0 Å². The van der Waals surface area contributed by atoms with Crippen LogP contribution in [0.3, 0.4) is 0 Å². The van der Waals surface area contributed by atoms with Gasteiger partial charge in [0, 0.05) is 12.1 Å². The van der Waals surface area contributed by atoms with E-state index in [0.29, 0.717) is 0 Å². The van der Waals surface area contributed by atoms with Crippen LogP contribution in [0.15, 0.2) is 12.1 Å². The summed E-state index contributed by atoms with van der Waals surface area (Å²) in [6.45, 7) is 5.96. The molecule has 0 aliphatic heterocycles. The molecule has 1 rings (SSSR count). The number of rotatable bonds is 12. The van der Waals surface area contributed by atoms with Crippen LogP contribution in [-0.4, -0.2) is 13.2 Å². The lowest BCUT2D eigenvalue weighted by atomic mass is 10.2. The predicted octanol–water partition coefficient (Wildman–Crippen LogP) is 5.21. The molecule has 0 heterocycles. The highest BCUT2D eigenvalue weighted by atomic mass is 16.5. The Morgan fingerprint density at radius 3 is 1.50 bits per heavy atom. The summed E-state index contributed by atoms with van der Waals surface area (Å²) in [6.07, 6.45) is 9.76. The maximum atomic E-state index is 5.62. The number of hydrogen-bond acceptors (Lipinski definition) is 2. The maximum absolute atomic E-state index is 5.62. The van der Waals surface area contributed by atoms with Gasteiger partial charge in [-0.3, -0.25) is 0 Å². The molecule has 0 saturated heterocycles. The van der Waals surface area contributed by atoms with Crippen molar-refractivity contribution in [3.05, 3.63) is 24.3 Å². The molecule has 20 heavy (non-hydrogen) atoms. The molecule has 0 spiro atoms. The molecule has 0 amide bonds. The summed E-state index contributed by atoms with van der Waals surface area (Å²) in [5, 5.41) is 0. The van der Waals surface area contributed by atoms with Gasteiger partial charge in [-0.1, -0.05) is 52.4 Å². The third kappa shape index (κ3) is 8.08. The fourth-order valence-electron chi connectivity index (χ4n) is 1.95. The quantitative estimate of drug-likeness (QED) is 0.488. The predicted molar refractivity (Wildman–Crippen MR) is 83.4 cm³/mol. The second-order valence-corrected chi connectivity index (χ2v) is 5.12. The first-order chi connectivity index (χ1) is 9.86. The highest BCUT2D eigenvalue weighted by Crippen LogP contribution is 2.17. The van der Waals surface area contributed by atoms with Crippen LogP contribution in [0, 0.1) is 12.1 Å². The molecular formula is C18H28O2. The molecule has 1 aromatic rings. The molecule has 2 nitrogen and oxygen atoms in total. The van der Waals surface area contributed by atoms with Gasteiger partial charge in [0.25, 0.3) is 0 Å². The minimum absolute atomic E-state index is 0.764. The van der Waals surface area contributed by atoms with E-state index in [1.165, 1.54) is 38.5 Å². The first kappa shape index (κ1) is 16.9. The first-order valence-electron chi connectivity index (χ1n) is 8.05. The molecule has 1 aromatic carbocycles. The average Bonchev–Trinajstić information content (AvgIpc) is 2.48. The molecule has 0 atom stereocenters. The smallest absolute Gasteiger partial charge is 0.128 e. The van der Waals surface area contributed by atoms with Crippen molar-refractivity contribution in [2.24, 2.45) is 0 Å². The van der Waals surface area contributed by atoms with Gasteiger partial charge in [-0.15, -0.1) is 0 Å². The molecule has 0 bridgehead atoms. The molecular weight excluding hydrogens is 248 g/mol. The van der Waals surface area contributed by atoms with Crippen LogP contribution in [0.1, 0.15) is 65.2 Å². The van der Waals surface area contributed by atoms with E-state index < -0.39 is 0 Å². The Kier molecular flexibility index (Phi) is 9.81. The van der Waals surface area contributed by atoms with Crippen molar-refractivity contribution < 1.29 is 9.47 Å². The van der Waals surface area contributed by atoms with Gasteiger partial charge < -0.3 is 9.47 Å². The maximum Gasteiger partial charge on any atom is 0.128 e. The van der Waals surface area contributed by atoms with Crippen LogP contribution in [0.2, 0.25) is 0 Å². The van der Waals surface area contributed by atoms with E-state index in [4.69, 9.17) is 9.47 Å². The molecule has 0 fully saturated rings. The van der Waals surface area contributed by atoms with Gasteiger partial charge >= 0.3 is 0 Å². The van der Waals surface area contributed by atoms with Gasteiger partial charge in [0.05, 0.1) is 13.2 Å². The second kappa shape index (κ2) is 11.6. The molecule has 0 aromatic heterocycles. The minimum Gasteiger partial charge on any atom is -0.493 e. The summed E-state index contributed by atoms with van der Waals surface area (Å²) in [7, 11) is 0. The van der Waals surface area contributed by atoms with Gasteiger partial charge in [-0.25, -0.2) is 0 Å². The average molecular weight is 276 g/mol. The summed E-state index contributed by atoms with van der Waals surface area (Å²) in [5.41, 5.74) is 0. The van der Waals surface area contributed by atoms with E-state index >= 15 is 0 Å². The lowest BCUT2D eigenvalue weighted by Crippen LogP contribution is -1.99. The Balaban J connectivity index is 2.13. The van der Waals surface area contributed by atoms with E-state index in [1.54, 1.807) is 0 Å². The lowest BCUT2D eigenvalue weighted by molar-refractivity contribution is 0.296. The van der Waals surface area contributed by atoms with Crippen LogP contribution >= 0.6 is 0 Å². The highest BCUT2D eigenvalue weighted by Gasteiger charge is 1.98. The molecule has 0 unspecified atom stereocenters. The molecule has 2 radical (unpaired) electrons. The van der Waals surface area contributed by atoms with Crippen molar-refractivity contribution in [1.29, 1.82) is 0 Å². The van der Waals surface area contributed by atoms with E-state index in [9.17, 15) is 0 Å². The summed E-state index contributed by atoms with van der Waals surface area (Å²) in [5.74, 6) is 1.53. The van der Waals surface area contributed by atoms with Crippen LogP contribution in [0.5, 0.6) is 11.5 Å². The van der Waals surface area contributed by atoms with Gasteiger partial charge in [0.2, 0.25) is 0 Å². The molecule has 0 saturated carbocycles.